The number of hydrogen-bond donors (Lipinski definition) is 0. The fourth-order valence-corrected chi connectivity index (χ4v) is 21.7. The third kappa shape index (κ3) is 17.7. The number of fused-ring (bicyclic) bond motifs is 4. The van der Waals surface area contributed by atoms with E-state index in [0.29, 0.717) is 12.2 Å². The zero-order chi connectivity index (χ0) is 96.5. The van der Waals surface area contributed by atoms with Crippen molar-refractivity contribution < 1.29 is 22.8 Å². The molecule has 0 saturated carbocycles. The fourth-order valence-electron chi connectivity index (χ4n) is 21.7. The molecule has 15 heteroatoms. The molecule has 21 rings (SSSR count). The first kappa shape index (κ1) is 93.7. The number of nitrogens with zero attached hydrogens (tertiary/aromatic N) is 15. The molecule has 16 aromatic rings. The fraction of sp³-hybridized carbons (Fsp3) is 0.238. The van der Waals surface area contributed by atoms with Gasteiger partial charge in [0.05, 0.1) is 73.3 Å². The second kappa shape index (κ2) is 39.8. The Labute approximate surface area is 814 Å². The lowest BCUT2D eigenvalue weighted by Crippen LogP contribution is -2.42. The summed E-state index contributed by atoms with van der Waals surface area (Å²) in [6.45, 7) is 36.0. The van der Waals surface area contributed by atoms with Crippen LogP contribution in [0, 0.1) is 62.3 Å². The van der Waals surface area contributed by atoms with E-state index in [-0.39, 0.29) is 24.7 Å². The lowest BCUT2D eigenvalue weighted by Gasteiger charge is -2.33. The van der Waals surface area contributed by atoms with Crippen LogP contribution in [-0.2, 0) is 35.2 Å². The largest absolute Gasteiger partial charge is 0.359 e. The first-order valence-corrected chi connectivity index (χ1v) is 48.3. The van der Waals surface area contributed by atoms with Gasteiger partial charge in [-0.1, -0.05) is 115 Å². The molecule has 15 nitrogen and oxygen atoms in total. The topological polar surface area (TPSA) is 51.8 Å². The van der Waals surface area contributed by atoms with Crippen LogP contribution in [0.4, 0.5) is 85.3 Å². The second-order valence-electron chi connectivity index (χ2n) is 37.5. The number of hydrogen-bond acceptors (Lipinski definition) is 10. The van der Waals surface area contributed by atoms with Crippen molar-refractivity contribution in [2.45, 2.75) is 148 Å². The summed E-state index contributed by atoms with van der Waals surface area (Å²) >= 11 is 0. The van der Waals surface area contributed by atoms with Gasteiger partial charge in [-0.2, -0.15) is 0 Å². The Morgan fingerprint density at radius 3 is 0.927 bits per heavy atom. The Morgan fingerprint density at radius 1 is 0.241 bits per heavy atom. The molecule has 0 N–H and O–H groups in total. The predicted octanol–water partition coefficient (Wildman–Crippen LogP) is 26.2. The van der Waals surface area contributed by atoms with E-state index in [1.165, 1.54) is 192 Å². The second-order valence-corrected chi connectivity index (χ2v) is 37.5. The van der Waals surface area contributed by atoms with E-state index >= 15 is 0 Å². The van der Waals surface area contributed by atoms with Crippen LogP contribution in [-0.4, -0.2) is 55.9 Å². The van der Waals surface area contributed by atoms with Crippen LogP contribution >= 0.6 is 0 Å². The Kier molecular flexibility index (Phi) is 27.2. The van der Waals surface area contributed by atoms with Gasteiger partial charge in [0.1, 0.15) is 66.1 Å². The zero-order valence-electron chi connectivity index (χ0n) is 84.2. The monoisotopic (exact) mass is 1810 g/mol. The summed E-state index contributed by atoms with van der Waals surface area (Å²) in [5.74, 6) is 0. The van der Waals surface area contributed by atoms with E-state index in [4.69, 9.17) is 0 Å². The van der Waals surface area contributed by atoms with Crippen LogP contribution in [0.3, 0.4) is 0 Å². The van der Waals surface area contributed by atoms with Gasteiger partial charge in [-0.05, 0) is 300 Å². The van der Waals surface area contributed by atoms with Gasteiger partial charge in [-0.15, -0.1) is 0 Å². The molecule has 137 heavy (non-hydrogen) atoms. The first-order chi connectivity index (χ1) is 66.2. The van der Waals surface area contributed by atoms with E-state index in [0.717, 1.165) is 0 Å². The highest BCUT2D eigenvalue weighted by Crippen LogP contribution is 2.54. The first-order valence-electron chi connectivity index (χ1n) is 48.3. The molecular formula is C122H134N15+5. The summed E-state index contributed by atoms with van der Waals surface area (Å²) in [4.78, 5) is 24.2. The summed E-state index contributed by atoms with van der Waals surface area (Å²) in [5.41, 5.74) is 43.4. The van der Waals surface area contributed by atoms with E-state index in [2.05, 4.69) is 591 Å². The summed E-state index contributed by atoms with van der Waals surface area (Å²) in [6.07, 6.45) is 16.1. The van der Waals surface area contributed by atoms with Crippen LogP contribution in [0.15, 0.2) is 359 Å². The SMILES string of the molecule is Cc1c(-c2cccc[n+]2C)cccc1N1c2ccccc2N(C(C)C)[C@@H]1C.Cc1c(-c2cccc[n+]2C)cccc1N1c2ccccc2N(C)[C@@H]1C.Cc1c(-c2cccc[n+]2C)cccc1N1c2ccccc2N(c2ccccc2)[C@@H]1C.Cc1cc(C)c(N2C=CN(C)[C@@H]2C)c(C)c1-c1cccc[n+]1C.Cc1cccc(C)c1N1c2ccccc2N(c2cccc(-c3cccc[n+]3C)c2C)[C@H]1C. The minimum atomic E-state index is 0.158. The van der Waals surface area contributed by atoms with Gasteiger partial charge < -0.3 is 49.0 Å². The number of benzene rings is 11. The van der Waals surface area contributed by atoms with Gasteiger partial charge in [-0.25, -0.2) is 22.8 Å². The minimum absolute atomic E-state index is 0.158. The van der Waals surface area contributed by atoms with Crippen LogP contribution in [0.1, 0.15) is 98.5 Å². The molecule has 5 aliphatic heterocycles. The standard InChI is InChI=1S/C29H30N3.C27H26N3.C24H28N3.C22H24N3.C20H26N3/c1-20-12-10-13-21(2)29(20)32-23(4)31(27-16-6-7-17-28(27)32)25-18-11-14-24(22(25)3)26-15-8-9-19-30(26)5;1-20-23(25-15-9-10-19-28(25)3)14-11-18-24(20)30-21(2)29(22-12-5-4-6-13-22)26-16-7-8-17-27(26)30;1-17(2)26-19(4)27(24-14-7-6-13-23(24)26)21-15-10-11-20(18(21)3)22-12-8-9-16-25(22)5;1-16-18(20-11-7-8-15-23(20)3)10-9-14-19(16)25-17(2)24(4)21-12-5-6-13-22(21)25;1-14-13-15(2)20(23-12-11-21(5)17(23)4)16(3)19(14)18-9-7-8-10-22(18)6/h6-19,23H,1-5H3;4-19,21H,1-3H3;6-17,19H,1-5H3;5-15,17H,1-4H3;7-13,17H,1-6H3/q5*+1/t23-;21-;19-;2*17-/m10000/s1. The highest BCUT2D eigenvalue weighted by molar-refractivity contribution is 5.94. The van der Waals surface area contributed by atoms with Crippen LogP contribution < -0.4 is 66.9 Å². The molecule has 5 aromatic heterocycles. The highest BCUT2D eigenvalue weighted by Gasteiger charge is 2.41. The number of anilines is 15. The summed E-state index contributed by atoms with van der Waals surface area (Å²) < 4.78 is 10.9. The zero-order valence-corrected chi connectivity index (χ0v) is 84.2. The molecule has 0 unspecified atom stereocenters. The molecule has 0 fully saturated rings. The lowest BCUT2D eigenvalue weighted by atomic mass is 9.93. The van der Waals surface area contributed by atoms with Crippen molar-refractivity contribution in [1.29, 1.82) is 0 Å². The molecular weight excluding hydrogens is 1680 g/mol. The molecule has 0 amide bonds. The maximum absolute atomic E-state index is 2.50. The van der Waals surface area contributed by atoms with Crippen LogP contribution in [0.5, 0.6) is 0 Å². The van der Waals surface area contributed by atoms with Crippen molar-refractivity contribution in [1.82, 2.24) is 4.90 Å². The smallest absolute Gasteiger partial charge is 0.212 e. The lowest BCUT2D eigenvalue weighted by molar-refractivity contribution is -0.660. The number of pyridine rings is 5. The van der Waals surface area contributed by atoms with Crippen molar-refractivity contribution >= 4 is 85.3 Å². The van der Waals surface area contributed by atoms with Gasteiger partial charge in [0, 0.05) is 133 Å². The molecule has 692 valence electrons. The predicted molar refractivity (Wildman–Crippen MR) is 572 cm³/mol. The quantitative estimate of drug-likeness (QED) is 0.104. The van der Waals surface area contributed by atoms with Gasteiger partial charge in [0.15, 0.2) is 31.0 Å². The van der Waals surface area contributed by atoms with Gasteiger partial charge in [0.25, 0.3) is 0 Å². The van der Waals surface area contributed by atoms with E-state index in [1.807, 2.05) is 0 Å². The van der Waals surface area contributed by atoms with Gasteiger partial charge in [0.2, 0.25) is 28.5 Å². The molecule has 0 spiro atoms. The maximum atomic E-state index is 2.50. The Hall–Kier alpha value is -15.1. The normalized spacial score (nSPS) is 16.0. The van der Waals surface area contributed by atoms with Crippen molar-refractivity contribution in [3.63, 3.8) is 0 Å². The maximum Gasteiger partial charge on any atom is 0.212 e. The van der Waals surface area contributed by atoms with Gasteiger partial charge >= 0.3 is 0 Å². The van der Waals surface area contributed by atoms with E-state index < -0.39 is 0 Å². The van der Waals surface area contributed by atoms with E-state index in [1.54, 1.807) is 0 Å². The number of rotatable bonds is 13. The van der Waals surface area contributed by atoms with Crippen LogP contribution in [0.25, 0.3) is 56.3 Å². The van der Waals surface area contributed by atoms with Crippen molar-refractivity contribution in [3.8, 4) is 56.3 Å². The Balaban J connectivity index is 0.000000119. The van der Waals surface area contributed by atoms with E-state index in [9.17, 15) is 0 Å². The number of aryl methyl sites for hydroxylation is 9. The van der Waals surface area contributed by atoms with Crippen molar-refractivity contribution in [2.75, 3.05) is 58.2 Å². The Morgan fingerprint density at radius 2 is 0.547 bits per heavy atom. The summed E-state index contributed by atoms with van der Waals surface area (Å²) in [5, 5.41) is 0. The highest BCUT2D eigenvalue weighted by atomic mass is 15.4. The summed E-state index contributed by atoms with van der Waals surface area (Å²) in [7, 11) is 14.8. The Bertz CT molecular complexity index is 7120. The summed E-state index contributed by atoms with van der Waals surface area (Å²) in [6, 6.07) is 113. The minimum Gasteiger partial charge on any atom is -0.359 e. The molecule has 5 aliphatic rings. The molecule has 0 radical (unpaired) electrons. The van der Waals surface area contributed by atoms with Crippen molar-refractivity contribution in [2.24, 2.45) is 35.2 Å². The molecule has 0 aliphatic carbocycles. The third-order valence-corrected chi connectivity index (χ3v) is 28.8. The number of aromatic nitrogens is 5. The molecule has 0 saturated heterocycles. The average molecular weight is 1810 g/mol. The number of para-hydroxylation sites is 10. The average Bonchev–Trinajstić information content (AvgIpc) is 1.61. The molecule has 5 atom stereocenters. The molecule has 10 heterocycles. The third-order valence-electron chi connectivity index (χ3n) is 28.8. The van der Waals surface area contributed by atoms with Crippen LogP contribution in [0.2, 0.25) is 0 Å². The molecule has 0 bridgehead atoms. The van der Waals surface area contributed by atoms with Gasteiger partial charge in [-0.3, -0.25) is 0 Å². The molecule has 11 aromatic carbocycles. The van der Waals surface area contributed by atoms with Crippen molar-refractivity contribution in [3.05, 3.63) is 409 Å².